The van der Waals surface area contributed by atoms with Crippen molar-refractivity contribution >= 4 is 16.7 Å². The zero-order chi connectivity index (χ0) is 9.97. The normalized spacial score (nSPS) is 28.0. The van der Waals surface area contributed by atoms with E-state index in [1.807, 2.05) is 0 Å². The molecule has 4 nitrogen and oxygen atoms in total. The number of nitrogens with zero attached hydrogens (tertiary/aromatic N) is 3. The molecule has 2 unspecified atom stereocenters. The summed E-state index contributed by atoms with van der Waals surface area (Å²) in [6.45, 7) is 2.95. The van der Waals surface area contributed by atoms with Gasteiger partial charge in [-0.1, -0.05) is 0 Å². The lowest BCUT2D eigenvalue weighted by molar-refractivity contribution is 0.400. The van der Waals surface area contributed by atoms with Crippen LogP contribution >= 0.6 is 11.5 Å². The summed E-state index contributed by atoms with van der Waals surface area (Å²) in [6, 6.07) is 0.997. The second kappa shape index (κ2) is 4.23. The molecule has 2 atom stereocenters. The quantitative estimate of drug-likeness (QED) is 0.801. The van der Waals surface area contributed by atoms with E-state index < -0.39 is 0 Å². The first kappa shape index (κ1) is 9.86. The second-order valence-corrected chi connectivity index (χ2v) is 4.56. The van der Waals surface area contributed by atoms with E-state index in [9.17, 15) is 0 Å². The van der Waals surface area contributed by atoms with Crippen LogP contribution in [0.4, 0.5) is 5.13 Å². The Morgan fingerprint density at radius 1 is 1.64 bits per heavy atom. The number of anilines is 1. The molecule has 1 aliphatic rings. The van der Waals surface area contributed by atoms with E-state index in [1.54, 1.807) is 6.33 Å². The van der Waals surface area contributed by atoms with E-state index >= 15 is 0 Å². The Bertz CT molecular complexity index is 274. The van der Waals surface area contributed by atoms with Crippen molar-refractivity contribution in [2.75, 3.05) is 11.4 Å². The van der Waals surface area contributed by atoms with Crippen molar-refractivity contribution in [1.82, 2.24) is 9.36 Å². The van der Waals surface area contributed by atoms with Crippen LogP contribution in [0.1, 0.15) is 26.2 Å². The van der Waals surface area contributed by atoms with Gasteiger partial charge in [0.1, 0.15) is 6.33 Å². The van der Waals surface area contributed by atoms with Crippen molar-refractivity contribution in [2.45, 2.75) is 38.3 Å². The largest absolute Gasteiger partial charge is 0.340 e. The lowest BCUT2D eigenvalue weighted by atomic mass is 9.97. The molecule has 0 amide bonds. The molecule has 1 saturated heterocycles. The summed E-state index contributed by atoms with van der Waals surface area (Å²) in [5, 5.41) is 1.02. The van der Waals surface area contributed by atoms with Crippen LogP contribution in [-0.4, -0.2) is 28.0 Å². The van der Waals surface area contributed by atoms with Gasteiger partial charge >= 0.3 is 0 Å². The highest BCUT2D eigenvalue weighted by Gasteiger charge is 2.28. The Morgan fingerprint density at radius 3 is 3.14 bits per heavy atom. The molecule has 0 aliphatic carbocycles. The van der Waals surface area contributed by atoms with Crippen LogP contribution < -0.4 is 10.6 Å². The van der Waals surface area contributed by atoms with E-state index in [0.717, 1.165) is 5.13 Å². The van der Waals surface area contributed by atoms with E-state index in [4.69, 9.17) is 5.73 Å². The van der Waals surface area contributed by atoms with Gasteiger partial charge in [-0.2, -0.15) is 4.37 Å². The maximum absolute atomic E-state index is 5.78. The summed E-state index contributed by atoms with van der Waals surface area (Å²) in [4.78, 5) is 6.60. The van der Waals surface area contributed by atoms with Crippen LogP contribution in [-0.2, 0) is 0 Å². The number of hydrogen-bond donors (Lipinski definition) is 1. The Morgan fingerprint density at radius 2 is 2.50 bits per heavy atom. The topological polar surface area (TPSA) is 55.0 Å². The molecule has 0 aromatic carbocycles. The van der Waals surface area contributed by atoms with E-state index in [0.29, 0.717) is 18.6 Å². The third kappa shape index (κ3) is 1.74. The van der Waals surface area contributed by atoms with Gasteiger partial charge in [0.15, 0.2) is 0 Å². The summed E-state index contributed by atoms with van der Waals surface area (Å²) in [7, 11) is 0. The molecule has 1 aliphatic heterocycles. The van der Waals surface area contributed by atoms with Gasteiger partial charge in [0, 0.05) is 30.2 Å². The van der Waals surface area contributed by atoms with Crippen LogP contribution in [0.2, 0.25) is 0 Å². The monoisotopic (exact) mass is 212 g/mol. The van der Waals surface area contributed by atoms with Crippen LogP contribution in [0.3, 0.4) is 0 Å². The fourth-order valence-corrected chi connectivity index (χ4v) is 2.85. The average molecular weight is 212 g/mol. The van der Waals surface area contributed by atoms with E-state index in [1.165, 1.54) is 30.8 Å². The van der Waals surface area contributed by atoms with Crippen LogP contribution in [0.25, 0.3) is 0 Å². The van der Waals surface area contributed by atoms with Crippen molar-refractivity contribution in [3.8, 4) is 0 Å². The molecule has 0 bridgehead atoms. The Hall–Kier alpha value is -0.680. The molecule has 5 heteroatoms. The van der Waals surface area contributed by atoms with Gasteiger partial charge < -0.3 is 10.6 Å². The molecule has 78 valence electrons. The minimum Gasteiger partial charge on any atom is -0.340 e. The Balaban J connectivity index is 2.19. The highest BCUT2D eigenvalue weighted by molar-refractivity contribution is 7.09. The molecule has 14 heavy (non-hydrogen) atoms. The number of hydrogen-bond acceptors (Lipinski definition) is 5. The average Bonchev–Trinajstić information content (AvgIpc) is 2.70. The van der Waals surface area contributed by atoms with Gasteiger partial charge in [-0.15, -0.1) is 0 Å². The lowest BCUT2D eigenvalue weighted by Crippen LogP contribution is -2.49. The summed E-state index contributed by atoms with van der Waals surface area (Å²) in [5.41, 5.74) is 5.78. The molecule has 2 rings (SSSR count). The maximum Gasteiger partial charge on any atom is 0.205 e. The lowest BCUT2D eigenvalue weighted by Gasteiger charge is -2.39. The molecule has 0 saturated carbocycles. The maximum atomic E-state index is 5.78. The number of rotatable bonds is 2. The van der Waals surface area contributed by atoms with E-state index in [2.05, 4.69) is 21.2 Å². The van der Waals surface area contributed by atoms with Gasteiger partial charge in [0.25, 0.3) is 0 Å². The first-order valence-electron chi connectivity index (χ1n) is 5.08. The summed E-state index contributed by atoms with van der Waals surface area (Å²) < 4.78 is 4.05. The molecule has 1 fully saturated rings. The minimum absolute atomic E-state index is 0.451. The summed E-state index contributed by atoms with van der Waals surface area (Å²) >= 11 is 1.46. The van der Waals surface area contributed by atoms with Crippen molar-refractivity contribution in [3.05, 3.63) is 6.33 Å². The van der Waals surface area contributed by atoms with Gasteiger partial charge in [0.2, 0.25) is 5.13 Å². The fourth-order valence-electron chi connectivity index (χ4n) is 2.14. The van der Waals surface area contributed by atoms with Crippen molar-refractivity contribution < 1.29 is 0 Å². The van der Waals surface area contributed by atoms with Crippen molar-refractivity contribution in [2.24, 2.45) is 5.73 Å². The van der Waals surface area contributed by atoms with Gasteiger partial charge in [-0.25, -0.2) is 4.98 Å². The molecule has 1 aromatic rings. The van der Waals surface area contributed by atoms with Crippen molar-refractivity contribution in [1.29, 1.82) is 0 Å². The molecule has 2 heterocycles. The van der Waals surface area contributed by atoms with E-state index in [-0.39, 0.29) is 0 Å². The smallest absolute Gasteiger partial charge is 0.205 e. The third-order valence-corrected chi connectivity index (χ3v) is 3.55. The van der Waals surface area contributed by atoms with Crippen LogP contribution in [0.15, 0.2) is 6.33 Å². The molecule has 0 radical (unpaired) electrons. The van der Waals surface area contributed by atoms with Crippen LogP contribution in [0.5, 0.6) is 0 Å². The number of piperidine rings is 1. The summed E-state index contributed by atoms with van der Waals surface area (Å²) in [5.74, 6) is 0. The predicted molar refractivity (Wildman–Crippen MR) is 58.5 cm³/mol. The molecular weight excluding hydrogens is 196 g/mol. The predicted octanol–water partition coefficient (Wildman–Crippen LogP) is 1.24. The summed E-state index contributed by atoms with van der Waals surface area (Å²) in [6.07, 6.45) is 5.31. The Kier molecular flexibility index (Phi) is 2.98. The fraction of sp³-hybridized carbons (Fsp3) is 0.778. The first-order valence-corrected chi connectivity index (χ1v) is 5.85. The molecule has 2 N–H and O–H groups in total. The number of aromatic nitrogens is 2. The highest BCUT2D eigenvalue weighted by Crippen LogP contribution is 2.28. The molecule has 0 spiro atoms. The molecule has 1 aromatic heterocycles. The second-order valence-electron chi connectivity index (χ2n) is 3.80. The van der Waals surface area contributed by atoms with Gasteiger partial charge in [-0.3, -0.25) is 0 Å². The SMILES string of the molecule is CC1CCCC(CN)N1c1ncns1. The standard InChI is InChI=1S/C9H16N4S/c1-7-3-2-4-8(5-10)13(7)9-11-6-12-14-9/h6-8H,2-5,10H2,1H3. The molecular formula is C9H16N4S. The van der Waals surface area contributed by atoms with Gasteiger partial charge in [-0.05, 0) is 26.2 Å². The van der Waals surface area contributed by atoms with Crippen molar-refractivity contribution in [3.63, 3.8) is 0 Å². The Labute approximate surface area is 88.3 Å². The minimum atomic E-state index is 0.451. The number of nitrogens with two attached hydrogens (primary N) is 1. The zero-order valence-corrected chi connectivity index (χ0v) is 9.20. The van der Waals surface area contributed by atoms with Crippen LogP contribution in [0, 0.1) is 0 Å². The zero-order valence-electron chi connectivity index (χ0n) is 8.39. The third-order valence-electron chi connectivity index (χ3n) is 2.87. The first-order chi connectivity index (χ1) is 6.83. The van der Waals surface area contributed by atoms with Gasteiger partial charge in [0.05, 0.1) is 0 Å². The highest BCUT2D eigenvalue weighted by atomic mass is 32.1.